The Kier molecular flexibility index (Phi) is 20.4. The number of nitrogens with zero attached hydrogens (tertiary/aromatic N) is 2. The fourth-order valence-electron chi connectivity index (χ4n) is 7.80. The van der Waals surface area contributed by atoms with Crippen LogP contribution in [0.4, 0.5) is 0 Å². The van der Waals surface area contributed by atoms with E-state index in [9.17, 15) is 34.2 Å². The molecule has 0 aliphatic rings. The molecule has 0 saturated carbocycles. The highest BCUT2D eigenvalue weighted by Crippen LogP contribution is 2.27. The number of carboxylic acid groups (broad SMARTS) is 1. The first kappa shape index (κ1) is 51.5. The van der Waals surface area contributed by atoms with E-state index >= 15 is 0 Å². The van der Waals surface area contributed by atoms with Gasteiger partial charge in [-0.2, -0.15) is 0 Å². The number of aromatic nitrogens is 2. The summed E-state index contributed by atoms with van der Waals surface area (Å²) in [5, 5.41) is 31.2. The van der Waals surface area contributed by atoms with Gasteiger partial charge in [0.05, 0.1) is 29.1 Å². The Labute approximate surface area is 398 Å². The van der Waals surface area contributed by atoms with Gasteiger partial charge in [0.15, 0.2) is 0 Å². The SMILES string of the molecule is CCCCCCCC(=O)NCCCCC(NC(=O)C(N)Cc1cn(C(c2ccccc2)c2ccccc2)cn1)C(=O)NC(Cc1ccc(C)cc1)C(=O)NC(Cc1ccc(O)c(Cl)c1)C(=O)O. The maximum absolute atomic E-state index is 14.3. The molecule has 356 valence electrons. The molecule has 0 saturated heterocycles. The van der Waals surface area contributed by atoms with E-state index in [1.165, 1.54) is 18.2 Å². The van der Waals surface area contributed by atoms with Gasteiger partial charge in [-0.25, -0.2) is 9.78 Å². The Morgan fingerprint density at radius 1 is 0.701 bits per heavy atom. The van der Waals surface area contributed by atoms with E-state index < -0.39 is 47.9 Å². The van der Waals surface area contributed by atoms with Crippen LogP contribution < -0.4 is 27.0 Å². The lowest BCUT2D eigenvalue weighted by Gasteiger charge is -2.25. The predicted octanol–water partition coefficient (Wildman–Crippen LogP) is 6.73. The normalized spacial score (nSPS) is 13.0. The van der Waals surface area contributed by atoms with Gasteiger partial charge in [-0.3, -0.25) is 19.2 Å². The average Bonchev–Trinajstić information content (AvgIpc) is 3.77. The molecule has 4 aromatic carbocycles. The highest BCUT2D eigenvalue weighted by molar-refractivity contribution is 6.32. The number of unbranched alkanes of at least 4 members (excludes halogenated alkanes) is 5. The average molecular weight is 935 g/mol. The fraction of sp³-hybridized carbons (Fsp3) is 0.385. The zero-order valence-electron chi connectivity index (χ0n) is 38.3. The Balaban J connectivity index is 1.31. The number of carbonyl (C=O) groups excluding carboxylic acids is 4. The molecule has 0 aliphatic carbocycles. The van der Waals surface area contributed by atoms with Crippen molar-refractivity contribution in [1.82, 2.24) is 30.8 Å². The molecule has 0 aliphatic heterocycles. The first-order valence-electron chi connectivity index (χ1n) is 23.1. The van der Waals surface area contributed by atoms with Crippen LogP contribution in [0.3, 0.4) is 0 Å². The van der Waals surface area contributed by atoms with Gasteiger partial charge in [-0.05, 0) is 67.0 Å². The van der Waals surface area contributed by atoms with Crippen LogP contribution in [-0.2, 0) is 43.2 Å². The molecule has 0 radical (unpaired) electrons. The van der Waals surface area contributed by atoms with Crippen LogP contribution in [-0.4, -0.2) is 80.1 Å². The van der Waals surface area contributed by atoms with Crippen LogP contribution in [0.25, 0.3) is 0 Å². The molecule has 8 N–H and O–H groups in total. The van der Waals surface area contributed by atoms with Crippen molar-refractivity contribution in [2.24, 2.45) is 5.73 Å². The van der Waals surface area contributed by atoms with E-state index in [-0.39, 0.29) is 48.4 Å². The van der Waals surface area contributed by atoms with Crippen molar-refractivity contribution >= 4 is 41.2 Å². The van der Waals surface area contributed by atoms with Crippen molar-refractivity contribution in [3.8, 4) is 5.75 Å². The van der Waals surface area contributed by atoms with Crippen LogP contribution >= 0.6 is 11.6 Å². The number of phenolic OH excluding ortho intramolecular Hbond substituents is 1. The molecule has 15 heteroatoms. The van der Waals surface area contributed by atoms with Crippen molar-refractivity contribution in [1.29, 1.82) is 0 Å². The number of hydrogen-bond donors (Lipinski definition) is 7. The zero-order chi connectivity index (χ0) is 48.1. The summed E-state index contributed by atoms with van der Waals surface area (Å²) < 4.78 is 1.97. The molecule has 4 unspecified atom stereocenters. The monoisotopic (exact) mass is 933 g/mol. The van der Waals surface area contributed by atoms with Crippen LogP contribution in [0, 0.1) is 6.92 Å². The maximum atomic E-state index is 14.3. The van der Waals surface area contributed by atoms with Crippen molar-refractivity contribution in [2.45, 2.75) is 121 Å². The topological polar surface area (TPSA) is 218 Å². The summed E-state index contributed by atoms with van der Waals surface area (Å²) in [5.41, 5.74) is 11.3. The Bertz CT molecular complexity index is 2320. The number of hydrogen-bond acceptors (Lipinski definition) is 8. The molecule has 4 amide bonds. The third-order valence-electron chi connectivity index (χ3n) is 11.6. The summed E-state index contributed by atoms with van der Waals surface area (Å²) in [6, 6.07) is 26.5. The number of halogens is 1. The van der Waals surface area contributed by atoms with Crippen LogP contribution in [0.1, 0.15) is 104 Å². The summed E-state index contributed by atoms with van der Waals surface area (Å²) >= 11 is 6.08. The second-order valence-corrected chi connectivity index (χ2v) is 17.5. The first-order valence-corrected chi connectivity index (χ1v) is 23.5. The van der Waals surface area contributed by atoms with E-state index in [1.54, 1.807) is 6.33 Å². The van der Waals surface area contributed by atoms with E-state index in [4.69, 9.17) is 17.3 Å². The number of aromatic hydroxyl groups is 1. The number of amides is 4. The molecular formula is C52H64ClN7O7. The molecule has 1 heterocycles. The summed E-state index contributed by atoms with van der Waals surface area (Å²) in [7, 11) is 0. The number of nitrogens with one attached hydrogen (secondary N) is 4. The van der Waals surface area contributed by atoms with Gasteiger partial charge in [0.25, 0.3) is 0 Å². The third kappa shape index (κ3) is 16.7. The summed E-state index contributed by atoms with van der Waals surface area (Å²) in [4.78, 5) is 71.8. The molecule has 5 rings (SSSR count). The third-order valence-corrected chi connectivity index (χ3v) is 11.9. The Morgan fingerprint density at radius 3 is 1.94 bits per heavy atom. The van der Waals surface area contributed by atoms with Crippen molar-refractivity contribution in [3.63, 3.8) is 0 Å². The zero-order valence-corrected chi connectivity index (χ0v) is 39.1. The molecule has 0 spiro atoms. The lowest BCUT2D eigenvalue weighted by Crippen LogP contribution is -2.58. The lowest BCUT2D eigenvalue weighted by molar-refractivity contribution is -0.142. The second-order valence-electron chi connectivity index (χ2n) is 17.1. The smallest absolute Gasteiger partial charge is 0.326 e. The highest BCUT2D eigenvalue weighted by Gasteiger charge is 2.31. The fourth-order valence-corrected chi connectivity index (χ4v) is 8.01. The molecule has 67 heavy (non-hydrogen) atoms. The van der Waals surface area contributed by atoms with Crippen LogP contribution in [0.2, 0.25) is 5.02 Å². The van der Waals surface area contributed by atoms with E-state index in [0.717, 1.165) is 48.8 Å². The number of nitrogens with two attached hydrogens (primary N) is 1. The van der Waals surface area contributed by atoms with Crippen molar-refractivity contribution in [3.05, 3.63) is 154 Å². The molecular weight excluding hydrogens is 870 g/mol. The first-order chi connectivity index (χ1) is 32.3. The van der Waals surface area contributed by atoms with Gasteiger partial charge >= 0.3 is 5.97 Å². The molecule has 4 atom stereocenters. The minimum absolute atomic E-state index is 0.00943. The van der Waals surface area contributed by atoms with Gasteiger partial charge in [0.2, 0.25) is 23.6 Å². The molecule has 14 nitrogen and oxygen atoms in total. The van der Waals surface area contributed by atoms with Gasteiger partial charge < -0.3 is 41.8 Å². The predicted molar refractivity (Wildman–Crippen MR) is 259 cm³/mol. The minimum atomic E-state index is -1.41. The number of carboxylic acids is 1. The number of imidazole rings is 1. The summed E-state index contributed by atoms with van der Waals surface area (Å²) in [6.45, 7) is 4.44. The number of phenols is 1. The van der Waals surface area contributed by atoms with Crippen LogP contribution in [0.15, 0.2) is 116 Å². The van der Waals surface area contributed by atoms with Crippen LogP contribution in [0.5, 0.6) is 5.75 Å². The van der Waals surface area contributed by atoms with Gasteiger partial charge in [-0.15, -0.1) is 0 Å². The van der Waals surface area contributed by atoms with Gasteiger partial charge in [0, 0.05) is 38.4 Å². The standard InChI is InChI=1S/C52H64ClN7O7/c1-3-4-5-6-13-21-47(62)55-28-15-14-20-43(57-49(63)42(54)32-40-33-60(34-56-40)48(38-16-9-7-10-17-38)39-18-11-8-12-19-39)50(64)58-44(30-36-24-22-35(2)23-25-36)51(65)59-45(52(66)67)31-37-26-27-46(61)41(53)29-37/h7-12,16-19,22-27,29,33-34,42-45,48,61H,3-6,13-15,20-21,28,30-32,54H2,1-2H3,(H,55,62)(H,57,63)(H,58,64)(H,59,65)(H,66,67). The van der Waals surface area contributed by atoms with Gasteiger partial charge in [-0.1, -0.05) is 141 Å². The van der Waals surface area contributed by atoms with E-state index in [0.29, 0.717) is 42.6 Å². The molecule has 5 aromatic rings. The molecule has 0 fully saturated rings. The highest BCUT2D eigenvalue weighted by atomic mass is 35.5. The number of benzene rings is 4. The van der Waals surface area contributed by atoms with Crippen molar-refractivity contribution in [2.75, 3.05) is 6.54 Å². The Hall–Kier alpha value is -6.51. The number of aryl methyl sites for hydroxylation is 1. The number of carbonyl (C=O) groups is 5. The second kappa shape index (κ2) is 26.6. The summed E-state index contributed by atoms with van der Waals surface area (Å²) in [6.07, 6.45) is 10.2. The number of rotatable bonds is 27. The minimum Gasteiger partial charge on any atom is -0.506 e. The number of aliphatic carboxylic acids is 1. The van der Waals surface area contributed by atoms with Gasteiger partial charge in [0.1, 0.15) is 23.9 Å². The Morgan fingerprint density at radius 2 is 1.30 bits per heavy atom. The molecule has 1 aromatic heterocycles. The van der Waals surface area contributed by atoms with E-state index in [1.807, 2.05) is 103 Å². The summed E-state index contributed by atoms with van der Waals surface area (Å²) in [5.74, 6) is -3.56. The quantitative estimate of drug-likeness (QED) is 0.0278. The maximum Gasteiger partial charge on any atom is 0.326 e. The lowest BCUT2D eigenvalue weighted by atomic mass is 9.98. The largest absolute Gasteiger partial charge is 0.506 e. The van der Waals surface area contributed by atoms with E-state index in [2.05, 4.69) is 33.2 Å². The molecule has 0 bridgehead atoms. The van der Waals surface area contributed by atoms with Crippen molar-refractivity contribution < 1.29 is 34.2 Å².